The Morgan fingerprint density at radius 3 is 2.76 bits per heavy atom. The second kappa shape index (κ2) is 5.88. The van der Waals surface area contributed by atoms with Crippen LogP contribution in [0.3, 0.4) is 0 Å². The van der Waals surface area contributed by atoms with Crippen LogP contribution < -0.4 is 4.74 Å². The number of methoxy groups -OCH3 is 1. The van der Waals surface area contributed by atoms with Crippen LogP contribution in [0.15, 0.2) is 18.2 Å². The number of nitrogens with zero attached hydrogens (tertiary/aromatic N) is 2. The monoisotopic (exact) mass is 306 g/mol. The van der Waals surface area contributed by atoms with E-state index in [-0.39, 0.29) is 0 Å². The van der Waals surface area contributed by atoms with Gasteiger partial charge in [-0.2, -0.15) is 0 Å². The molecule has 0 N–H and O–H groups in total. The summed E-state index contributed by atoms with van der Waals surface area (Å²) in [7, 11) is 1.71. The summed E-state index contributed by atoms with van der Waals surface area (Å²) in [6.07, 6.45) is 6.11. The lowest BCUT2D eigenvalue weighted by Crippen LogP contribution is -2.21. The molecular weight excluding hydrogens is 284 g/mol. The lowest BCUT2D eigenvalue weighted by molar-refractivity contribution is 0.282. The van der Waals surface area contributed by atoms with Crippen molar-refractivity contribution in [2.75, 3.05) is 13.0 Å². The number of alkyl halides is 1. The Morgan fingerprint density at radius 2 is 2.10 bits per heavy atom. The quantitative estimate of drug-likeness (QED) is 0.765. The van der Waals surface area contributed by atoms with Crippen molar-refractivity contribution in [1.29, 1.82) is 0 Å². The van der Waals surface area contributed by atoms with E-state index in [9.17, 15) is 0 Å². The first-order chi connectivity index (χ1) is 10.1. The van der Waals surface area contributed by atoms with E-state index >= 15 is 0 Å². The van der Waals surface area contributed by atoms with Crippen LogP contribution in [-0.4, -0.2) is 22.5 Å². The molecule has 0 amide bonds. The molecule has 0 bridgehead atoms. The zero-order valence-corrected chi connectivity index (χ0v) is 13.6. The lowest BCUT2D eigenvalue weighted by Gasteiger charge is -2.25. The minimum Gasteiger partial charge on any atom is -0.497 e. The van der Waals surface area contributed by atoms with E-state index in [0.717, 1.165) is 30.1 Å². The first kappa shape index (κ1) is 14.7. The van der Waals surface area contributed by atoms with Crippen molar-refractivity contribution in [3.8, 4) is 5.75 Å². The molecule has 1 heterocycles. The fourth-order valence-corrected chi connectivity index (χ4v) is 3.67. The molecule has 0 radical (unpaired) electrons. The van der Waals surface area contributed by atoms with Gasteiger partial charge in [-0.25, -0.2) is 4.98 Å². The standard InChI is InChI=1S/C17H23ClN2O/c1-17(8-3-4-9-17)12-20-15-11-13(21-2)5-6-14(15)19-16(20)7-10-18/h5-6,11H,3-4,7-10,12H2,1-2H3. The van der Waals surface area contributed by atoms with Crippen molar-refractivity contribution in [3.63, 3.8) is 0 Å². The molecule has 21 heavy (non-hydrogen) atoms. The third-order valence-electron chi connectivity index (χ3n) is 4.70. The van der Waals surface area contributed by atoms with Gasteiger partial charge in [-0.3, -0.25) is 0 Å². The zero-order valence-electron chi connectivity index (χ0n) is 12.9. The molecule has 1 aliphatic carbocycles. The molecule has 1 aromatic carbocycles. The molecule has 1 saturated carbocycles. The van der Waals surface area contributed by atoms with Gasteiger partial charge in [-0.1, -0.05) is 19.8 Å². The van der Waals surface area contributed by atoms with Crippen LogP contribution in [0.5, 0.6) is 5.75 Å². The summed E-state index contributed by atoms with van der Waals surface area (Å²) in [5, 5.41) is 0. The van der Waals surface area contributed by atoms with E-state index in [4.69, 9.17) is 21.3 Å². The van der Waals surface area contributed by atoms with Crippen LogP contribution in [-0.2, 0) is 13.0 Å². The second-order valence-electron chi connectivity index (χ2n) is 6.43. The van der Waals surface area contributed by atoms with E-state index in [1.165, 1.54) is 31.2 Å². The van der Waals surface area contributed by atoms with Crippen molar-refractivity contribution >= 4 is 22.6 Å². The SMILES string of the molecule is COc1ccc2nc(CCCl)n(CC3(C)CCCC3)c2c1. The Labute approximate surface area is 131 Å². The highest BCUT2D eigenvalue weighted by atomic mass is 35.5. The summed E-state index contributed by atoms with van der Waals surface area (Å²) in [6.45, 7) is 3.43. The highest BCUT2D eigenvalue weighted by Gasteiger charge is 2.30. The summed E-state index contributed by atoms with van der Waals surface area (Å²) in [6, 6.07) is 6.11. The smallest absolute Gasteiger partial charge is 0.121 e. The molecule has 3 nitrogen and oxygen atoms in total. The number of rotatable bonds is 5. The number of fused-ring (bicyclic) bond motifs is 1. The number of benzene rings is 1. The maximum Gasteiger partial charge on any atom is 0.121 e. The molecule has 3 rings (SSSR count). The number of aromatic nitrogens is 2. The average molecular weight is 307 g/mol. The number of hydrogen-bond acceptors (Lipinski definition) is 2. The summed E-state index contributed by atoms with van der Waals surface area (Å²) >= 11 is 5.97. The van der Waals surface area contributed by atoms with Gasteiger partial charge in [0, 0.05) is 24.9 Å². The molecule has 1 aromatic heterocycles. The molecule has 2 aromatic rings. The van der Waals surface area contributed by atoms with Gasteiger partial charge in [0.15, 0.2) is 0 Å². The minimum atomic E-state index is 0.387. The fourth-order valence-electron chi connectivity index (χ4n) is 3.50. The Bertz CT molecular complexity index is 629. The molecular formula is C17H23ClN2O. The Hall–Kier alpha value is -1.22. The van der Waals surface area contributed by atoms with Crippen molar-refractivity contribution in [2.45, 2.75) is 45.6 Å². The summed E-state index contributed by atoms with van der Waals surface area (Å²) in [5.41, 5.74) is 2.60. The van der Waals surface area contributed by atoms with Gasteiger partial charge >= 0.3 is 0 Å². The predicted molar refractivity (Wildman–Crippen MR) is 87.3 cm³/mol. The molecule has 0 saturated heterocycles. The van der Waals surface area contributed by atoms with Crippen molar-refractivity contribution in [3.05, 3.63) is 24.0 Å². The predicted octanol–water partition coefficient (Wildman–Crippen LogP) is 4.41. The van der Waals surface area contributed by atoms with Gasteiger partial charge < -0.3 is 9.30 Å². The first-order valence-electron chi connectivity index (χ1n) is 7.74. The van der Waals surface area contributed by atoms with Crippen molar-refractivity contribution < 1.29 is 4.74 Å². The largest absolute Gasteiger partial charge is 0.497 e. The first-order valence-corrected chi connectivity index (χ1v) is 8.28. The Balaban J connectivity index is 2.05. The average Bonchev–Trinajstić information content (AvgIpc) is 3.05. The van der Waals surface area contributed by atoms with E-state index in [0.29, 0.717) is 11.3 Å². The molecule has 114 valence electrons. The van der Waals surface area contributed by atoms with E-state index < -0.39 is 0 Å². The van der Waals surface area contributed by atoms with Crippen LogP contribution in [0.25, 0.3) is 11.0 Å². The van der Waals surface area contributed by atoms with Gasteiger partial charge in [0.25, 0.3) is 0 Å². The Kier molecular flexibility index (Phi) is 4.12. The lowest BCUT2D eigenvalue weighted by atomic mass is 9.88. The molecule has 1 aliphatic rings. The number of imidazole rings is 1. The third kappa shape index (κ3) is 2.89. The van der Waals surface area contributed by atoms with E-state index in [1.54, 1.807) is 7.11 Å². The van der Waals surface area contributed by atoms with Gasteiger partial charge in [-0.05, 0) is 30.4 Å². The second-order valence-corrected chi connectivity index (χ2v) is 6.80. The van der Waals surface area contributed by atoms with E-state index in [2.05, 4.69) is 17.6 Å². The molecule has 1 fully saturated rings. The van der Waals surface area contributed by atoms with Crippen molar-refractivity contribution in [1.82, 2.24) is 9.55 Å². The molecule has 0 aliphatic heterocycles. The highest BCUT2D eigenvalue weighted by molar-refractivity contribution is 6.17. The van der Waals surface area contributed by atoms with E-state index in [1.807, 2.05) is 12.1 Å². The van der Waals surface area contributed by atoms with Crippen LogP contribution in [0.2, 0.25) is 0 Å². The third-order valence-corrected chi connectivity index (χ3v) is 4.89. The van der Waals surface area contributed by atoms with Crippen molar-refractivity contribution in [2.24, 2.45) is 5.41 Å². The van der Waals surface area contributed by atoms with Crippen LogP contribution >= 0.6 is 11.6 Å². The van der Waals surface area contributed by atoms with Gasteiger partial charge in [0.2, 0.25) is 0 Å². The maximum atomic E-state index is 5.97. The van der Waals surface area contributed by atoms with Gasteiger partial charge in [0.1, 0.15) is 11.6 Å². The minimum absolute atomic E-state index is 0.387. The summed E-state index contributed by atoms with van der Waals surface area (Å²) in [4.78, 5) is 4.77. The number of ether oxygens (including phenoxy) is 1. The maximum absolute atomic E-state index is 5.97. The van der Waals surface area contributed by atoms with Gasteiger partial charge in [-0.15, -0.1) is 11.6 Å². The number of aryl methyl sites for hydroxylation is 1. The highest BCUT2D eigenvalue weighted by Crippen LogP contribution is 2.40. The molecule has 0 atom stereocenters. The topological polar surface area (TPSA) is 27.1 Å². The normalized spacial score (nSPS) is 17.5. The van der Waals surface area contributed by atoms with Crippen LogP contribution in [0, 0.1) is 5.41 Å². The number of hydrogen-bond donors (Lipinski definition) is 0. The number of halogens is 1. The summed E-state index contributed by atoms with van der Waals surface area (Å²) < 4.78 is 7.74. The zero-order chi connectivity index (χ0) is 14.9. The van der Waals surface area contributed by atoms with Gasteiger partial charge in [0.05, 0.1) is 18.1 Å². The summed E-state index contributed by atoms with van der Waals surface area (Å²) in [5.74, 6) is 2.59. The molecule has 0 unspecified atom stereocenters. The fraction of sp³-hybridized carbons (Fsp3) is 0.588. The molecule has 0 spiro atoms. The van der Waals surface area contributed by atoms with Crippen LogP contribution in [0.4, 0.5) is 0 Å². The molecule has 4 heteroatoms. The Morgan fingerprint density at radius 1 is 1.33 bits per heavy atom. The van der Waals surface area contributed by atoms with Crippen LogP contribution in [0.1, 0.15) is 38.4 Å².